The summed E-state index contributed by atoms with van der Waals surface area (Å²) in [4.78, 5) is 24.5. The van der Waals surface area contributed by atoms with E-state index in [9.17, 15) is 9.59 Å². The minimum atomic E-state index is -0.638. The van der Waals surface area contributed by atoms with Crippen LogP contribution in [0.1, 0.15) is 95.5 Å². The Kier molecular flexibility index (Phi) is 12.3. The van der Waals surface area contributed by atoms with Gasteiger partial charge in [-0.25, -0.2) is 4.79 Å². The fraction of sp³-hybridized carbons (Fsp3) is 0.727. The van der Waals surface area contributed by atoms with Gasteiger partial charge in [-0.2, -0.15) is 0 Å². The summed E-state index contributed by atoms with van der Waals surface area (Å²) in [5.41, 5.74) is 0. The van der Waals surface area contributed by atoms with E-state index in [0.717, 1.165) is 12.8 Å². The Morgan fingerprint density at radius 1 is 1.04 bits per heavy atom. The third kappa shape index (κ3) is 10.8. The van der Waals surface area contributed by atoms with E-state index in [4.69, 9.17) is 9.15 Å². The van der Waals surface area contributed by atoms with E-state index in [1.165, 1.54) is 51.2 Å². The van der Waals surface area contributed by atoms with E-state index in [0.29, 0.717) is 13.0 Å². The number of hydrogen-bond acceptors (Lipinski definition) is 4. The number of carbonyl (C=O) groups is 2. The summed E-state index contributed by atoms with van der Waals surface area (Å²) < 4.78 is 10.5. The van der Waals surface area contributed by atoms with Crippen molar-refractivity contribution < 1.29 is 18.7 Å². The molecule has 1 heterocycles. The zero-order valence-electron chi connectivity index (χ0n) is 17.3. The van der Waals surface area contributed by atoms with Gasteiger partial charge in [-0.05, 0) is 30.9 Å². The minimum absolute atomic E-state index is 0.204. The highest BCUT2D eigenvalue weighted by Gasteiger charge is 2.24. The molecule has 154 valence electrons. The van der Waals surface area contributed by atoms with Gasteiger partial charge in [0.25, 0.3) is 5.91 Å². The highest BCUT2D eigenvalue weighted by atomic mass is 16.5. The van der Waals surface area contributed by atoms with Crippen LogP contribution in [0.15, 0.2) is 22.8 Å². The van der Waals surface area contributed by atoms with Gasteiger partial charge in [-0.3, -0.25) is 4.79 Å². The van der Waals surface area contributed by atoms with E-state index >= 15 is 0 Å². The molecule has 1 rings (SSSR count). The van der Waals surface area contributed by atoms with Crippen molar-refractivity contribution in [3.8, 4) is 0 Å². The Morgan fingerprint density at radius 2 is 1.67 bits per heavy atom. The fourth-order valence-corrected chi connectivity index (χ4v) is 3.01. The Labute approximate surface area is 164 Å². The van der Waals surface area contributed by atoms with Gasteiger partial charge in [0.05, 0.1) is 12.9 Å². The van der Waals surface area contributed by atoms with Crippen LogP contribution in [0.25, 0.3) is 0 Å². The number of amides is 1. The molecule has 0 aliphatic rings. The highest BCUT2D eigenvalue weighted by Crippen LogP contribution is 2.11. The molecule has 5 heteroatoms. The number of ether oxygens (including phenoxy) is 1. The number of unbranched alkanes of at least 4 members (excludes halogenated alkanes) is 8. The average Bonchev–Trinajstić information content (AvgIpc) is 3.17. The smallest absolute Gasteiger partial charge is 0.328 e. The molecule has 0 spiro atoms. The molecule has 1 amide bonds. The number of hydrogen-bond donors (Lipinski definition) is 1. The molecule has 1 aromatic heterocycles. The predicted molar refractivity (Wildman–Crippen MR) is 108 cm³/mol. The van der Waals surface area contributed by atoms with Crippen LogP contribution in [0.5, 0.6) is 0 Å². The molecule has 1 N–H and O–H groups in total. The summed E-state index contributed by atoms with van der Waals surface area (Å²) in [5.74, 6) is -0.267. The van der Waals surface area contributed by atoms with Gasteiger partial charge in [0, 0.05) is 0 Å². The summed E-state index contributed by atoms with van der Waals surface area (Å²) >= 11 is 0. The Morgan fingerprint density at radius 3 is 2.22 bits per heavy atom. The van der Waals surface area contributed by atoms with Crippen LogP contribution in [0, 0.1) is 5.92 Å². The maximum atomic E-state index is 12.4. The van der Waals surface area contributed by atoms with Crippen molar-refractivity contribution in [2.24, 2.45) is 5.92 Å². The average molecular weight is 380 g/mol. The van der Waals surface area contributed by atoms with Gasteiger partial charge in [-0.15, -0.1) is 0 Å². The Hall–Kier alpha value is -1.78. The molecule has 0 aliphatic heterocycles. The van der Waals surface area contributed by atoms with Gasteiger partial charge < -0.3 is 14.5 Å². The molecule has 1 atom stereocenters. The second-order valence-electron chi connectivity index (χ2n) is 7.63. The molecular weight excluding hydrogens is 342 g/mol. The number of rotatable bonds is 15. The van der Waals surface area contributed by atoms with Crippen LogP contribution in [0.3, 0.4) is 0 Å². The van der Waals surface area contributed by atoms with Crippen molar-refractivity contribution >= 4 is 11.9 Å². The van der Waals surface area contributed by atoms with Gasteiger partial charge in [0.2, 0.25) is 0 Å². The second-order valence-corrected chi connectivity index (χ2v) is 7.63. The number of furan rings is 1. The first-order valence-electron chi connectivity index (χ1n) is 10.6. The molecule has 1 unspecified atom stereocenters. The monoisotopic (exact) mass is 379 g/mol. The summed E-state index contributed by atoms with van der Waals surface area (Å²) in [6.45, 7) is 6.68. The molecular formula is C22H37NO4. The lowest BCUT2D eigenvalue weighted by Gasteiger charge is -2.19. The molecule has 0 aromatic carbocycles. The van der Waals surface area contributed by atoms with E-state index in [2.05, 4.69) is 12.2 Å². The van der Waals surface area contributed by atoms with Gasteiger partial charge in [-0.1, -0.05) is 72.1 Å². The Bertz CT molecular complexity index is 510. The first-order chi connectivity index (χ1) is 13.0. The van der Waals surface area contributed by atoms with Crippen LogP contribution in [0.2, 0.25) is 0 Å². The third-order valence-electron chi connectivity index (χ3n) is 4.53. The summed E-state index contributed by atoms with van der Waals surface area (Å²) in [7, 11) is 0. The summed E-state index contributed by atoms with van der Waals surface area (Å²) in [6, 6.07) is 2.59. The molecule has 0 fully saturated rings. The van der Waals surface area contributed by atoms with E-state index in [-0.39, 0.29) is 23.6 Å². The van der Waals surface area contributed by atoms with Crippen LogP contribution in [0.4, 0.5) is 0 Å². The van der Waals surface area contributed by atoms with Crippen molar-refractivity contribution in [3.05, 3.63) is 24.2 Å². The van der Waals surface area contributed by atoms with E-state index in [1.807, 2.05) is 13.8 Å². The summed E-state index contributed by atoms with van der Waals surface area (Å²) in [5, 5.41) is 2.73. The maximum Gasteiger partial charge on any atom is 0.328 e. The van der Waals surface area contributed by atoms with Gasteiger partial charge >= 0.3 is 5.97 Å². The molecule has 0 saturated heterocycles. The molecule has 0 aliphatic carbocycles. The van der Waals surface area contributed by atoms with Crippen molar-refractivity contribution in [1.29, 1.82) is 0 Å². The zero-order valence-corrected chi connectivity index (χ0v) is 17.3. The Balaban J connectivity index is 2.22. The lowest BCUT2D eigenvalue weighted by Crippen LogP contribution is -2.42. The van der Waals surface area contributed by atoms with Crippen LogP contribution < -0.4 is 5.32 Å². The van der Waals surface area contributed by atoms with Gasteiger partial charge in [0.15, 0.2) is 5.76 Å². The quantitative estimate of drug-likeness (QED) is 0.323. The summed E-state index contributed by atoms with van der Waals surface area (Å²) in [6.07, 6.45) is 13.0. The van der Waals surface area contributed by atoms with Crippen molar-refractivity contribution in [1.82, 2.24) is 5.32 Å². The number of carbonyl (C=O) groups excluding carboxylic acids is 2. The topological polar surface area (TPSA) is 68.5 Å². The van der Waals surface area contributed by atoms with Crippen molar-refractivity contribution in [2.45, 2.75) is 91.0 Å². The zero-order chi connectivity index (χ0) is 19.9. The predicted octanol–water partition coefficient (Wildman–Crippen LogP) is 5.50. The van der Waals surface area contributed by atoms with Crippen LogP contribution in [-0.2, 0) is 9.53 Å². The molecule has 27 heavy (non-hydrogen) atoms. The normalized spacial score (nSPS) is 12.1. The molecule has 0 radical (unpaired) electrons. The van der Waals surface area contributed by atoms with E-state index in [1.54, 1.807) is 12.1 Å². The largest absolute Gasteiger partial charge is 0.464 e. The molecule has 0 bridgehead atoms. The third-order valence-corrected chi connectivity index (χ3v) is 4.53. The fourth-order valence-electron chi connectivity index (χ4n) is 3.01. The molecule has 1 aromatic rings. The lowest BCUT2D eigenvalue weighted by molar-refractivity contribution is -0.146. The number of esters is 1. The number of nitrogens with one attached hydrogen (secondary N) is 1. The van der Waals surface area contributed by atoms with Gasteiger partial charge in [0.1, 0.15) is 6.04 Å². The second kappa shape index (κ2) is 14.3. The lowest BCUT2D eigenvalue weighted by atomic mass is 10.0. The minimum Gasteiger partial charge on any atom is -0.464 e. The molecule has 5 nitrogen and oxygen atoms in total. The first kappa shape index (κ1) is 23.3. The van der Waals surface area contributed by atoms with Crippen molar-refractivity contribution in [3.63, 3.8) is 0 Å². The van der Waals surface area contributed by atoms with Crippen LogP contribution in [-0.4, -0.2) is 24.5 Å². The van der Waals surface area contributed by atoms with Crippen molar-refractivity contribution in [2.75, 3.05) is 6.61 Å². The first-order valence-corrected chi connectivity index (χ1v) is 10.6. The maximum absolute atomic E-state index is 12.4. The standard InChI is InChI=1S/C22H37NO4/c1-4-5-6-7-8-9-10-11-12-15-27-22(25)19(17-18(2)3)23-21(24)20-14-13-16-26-20/h13-14,16,18-19H,4-12,15,17H2,1-3H3,(H,23,24). The van der Waals surface area contributed by atoms with E-state index < -0.39 is 6.04 Å². The van der Waals surface area contributed by atoms with Crippen LogP contribution >= 0.6 is 0 Å². The highest BCUT2D eigenvalue weighted by molar-refractivity contribution is 5.94. The molecule has 0 saturated carbocycles. The SMILES string of the molecule is CCCCCCCCCCCOC(=O)C(CC(C)C)NC(=O)c1ccco1.